The zero-order valence-corrected chi connectivity index (χ0v) is 14.0. The van der Waals surface area contributed by atoms with Gasteiger partial charge >= 0.3 is 0 Å². The Morgan fingerprint density at radius 3 is 2.50 bits per heavy atom. The highest BCUT2D eigenvalue weighted by Crippen LogP contribution is 2.18. The Morgan fingerprint density at radius 1 is 1.23 bits per heavy atom. The van der Waals surface area contributed by atoms with Crippen LogP contribution in [0.3, 0.4) is 0 Å². The van der Waals surface area contributed by atoms with Crippen LogP contribution in [0.15, 0.2) is 24.3 Å². The van der Waals surface area contributed by atoms with E-state index in [0.717, 1.165) is 12.8 Å². The van der Waals surface area contributed by atoms with E-state index in [1.165, 1.54) is 4.31 Å². The van der Waals surface area contributed by atoms with Gasteiger partial charge in [0.1, 0.15) is 0 Å². The number of carbonyl (C=O) groups excluding carboxylic acids is 1. The fourth-order valence-electron chi connectivity index (χ4n) is 2.33. The SMILES string of the molecule is Cl.Nc1ccccc1NC(=O)CCCS(=O)(=O)N1CCCC1. The number of para-hydroxylation sites is 2. The van der Waals surface area contributed by atoms with Crippen molar-refractivity contribution < 1.29 is 13.2 Å². The van der Waals surface area contributed by atoms with Crippen LogP contribution in [0.1, 0.15) is 25.7 Å². The number of nitrogens with one attached hydrogen (secondary N) is 1. The van der Waals surface area contributed by atoms with Gasteiger partial charge in [-0.05, 0) is 31.4 Å². The van der Waals surface area contributed by atoms with E-state index in [1.54, 1.807) is 24.3 Å². The maximum Gasteiger partial charge on any atom is 0.224 e. The number of sulfonamides is 1. The maximum absolute atomic E-state index is 12.0. The van der Waals surface area contributed by atoms with Gasteiger partial charge in [0.15, 0.2) is 0 Å². The predicted molar refractivity (Wildman–Crippen MR) is 90.6 cm³/mol. The molecule has 1 heterocycles. The smallest absolute Gasteiger partial charge is 0.224 e. The van der Waals surface area contributed by atoms with Crippen molar-refractivity contribution in [2.75, 3.05) is 29.9 Å². The number of amides is 1. The lowest BCUT2D eigenvalue weighted by molar-refractivity contribution is -0.116. The molecule has 1 fully saturated rings. The number of nitrogens with two attached hydrogens (primary N) is 1. The Kier molecular flexibility index (Phi) is 7.12. The molecule has 22 heavy (non-hydrogen) atoms. The predicted octanol–water partition coefficient (Wildman–Crippen LogP) is 1.83. The van der Waals surface area contributed by atoms with Crippen LogP contribution in [0.4, 0.5) is 11.4 Å². The zero-order chi connectivity index (χ0) is 15.3. The van der Waals surface area contributed by atoms with Crippen LogP contribution < -0.4 is 11.1 Å². The molecule has 1 aromatic carbocycles. The van der Waals surface area contributed by atoms with Gasteiger partial charge in [0.25, 0.3) is 0 Å². The van der Waals surface area contributed by atoms with Gasteiger partial charge in [-0.3, -0.25) is 4.79 Å². The fourth-order valence-corrected chi connectivity index (χ4v) is 3.92. The second-order valence-electron chi connectivity index (χ2n) is 5.16. The van der Waals surface area contributed by atoms with Crippen molar-refractivity contribution in [3.63, 3.8) is 0 Å². The number of nitrogens with zero attached hydrogens (tertiary/aromatic N) is 1. The fraction of sp³-hybridized carbons (Fsp3) is 0.500. The molecule has 0 aromatic heterocycles. The summed E-state index contributed by atoms with van der Waals surface area (Å²) in [7, 11) is -3.21. The van der Waals surface area contributed by atoms with Gasteiger partial charge in [0, 0.05) is 19.5 Å². The lowest BCUT2D eigenvalue weighted by Gasteiger charge is -2.15. The highest BCUT2D eigenvalue weighted by atomic mass is 35.5. The summed E-state index contributed by atoms with van der Waals surface area (Å²) in [6.07, 6.45) is 2.33. The van der Waals surface area contributed by atoms with E-state index in [2.05, 4.69) is 5.32 Å². The molecule has 1 aliphatic heterocycles. The Balaban J connectivity index is 0.00000242. The molecule has 1 amide bonds. The van der Waals surface area contributed by atoms with Crippen molar-refractivity contribution in [1.29, 1.82) is 0 Å². The van der Waals surface area contributed by atoms with Crippen molar-refractivity contribution in [3.05, 3.63) is 24.3 Å². The van der Waals surface area contributed by atoms with Gasteiger partial charge in [-0.15, -0.1) is 12.4 Å². The van der Waals surface area contributed by atoms with Gasteiger partial charge in [0.05, 0.1) is 17.1 Å². The summed E-state index contributed by atoms with van der Waals surface area (Å²) in [5, 5.41) is 2.69. The summed E-state index contributed by atoms with van der Waals surface area (Å²) >= 11 is 0. The van der Waals surface area contributed by atoms with Crippen molar-refractivity contribution in [2.45, 2.75) is 25.7 Å². The first kappa shape index (κ1) is 18.7. The van der Waals surface area contributed by atoms with Gasteiger partial charge in [-0.1, -0.05) is 12.1 Å². The standard InChI is InChI=1S/C14H21N3O3S.ClH/c15-12-6-1-2-7-13(12)16-14(18)8-5-11-21(19,20)17-9-3-4-10-17;/h1-2,6-7H,3-5,8-11,15H2,(H,16,18);1H. The number of hydrogen-bond acceptors (Lipinski definition) is 4. The van der Waals surface area contributed by atoms with E-state index in [4.69, 9.17) is 5.73 Å². The molecule has 1 saturated heterocycles. The molecular formula is C14H22ClN3O3S. The molecule has 3 N–H and O–H groups in total. The number of carbonyl (C=O) groups is 1. The molecule has 0 unspecified atom stereocenters. The first-order chi connectivity index (χ1) is 9.99. The number of anilines is 2. The Hall–Kier alpha value is -1.31. The minimum absolute atomic E-state index is 0. The van der Waals surface area contributed by atoms with Crippen LogP contribution in [-0.2, 0) is 14.8 Å². The highest BCUT2D eigenvalue weighted by Gasteiger charge is 2.24. The lowest BCUT2D eigenvalue weighted by Crippen LogP contribution is -2.30. The summed E-state index contributed by atoms with van der Waals surface area (Å²) in [6.45, 7) is 1.21. The first-order valence-corrected chi connectivity index (χ1v) is 8.72. The molecule has 0 atom stereocenters. The summed E-state index contributed by atoms with van der Waals surface area (Å²) in [5.74, 6) is -0.199. The topological polar surface area (TPSA) is 92.5 Å². The second kappa shape index (κ2) is 8.36. The van der Waals surface area contributed by atoms with E-state index in [1.807, 2.05) is 0 Å². The molecule has 0 radical (unpaired) electrons. The molecule has 0 saturated carbocycles. The van der Waals surface area contributed by atoms with Crippen molar-refractivity contribution >= 4 is 39.7 Å². The Morgan fingerprint density at radius 2 is 1.86 bits per heavy atom. The van der Waals surface area contributed by atoms with Gasteiger partial charge in [-0.2, -0.15) is 0 Å². The maximum atomic E-state index is 12.0. The summed E-state index contributed by atoms with van der Waals surface area (Å²) in [6, 6.07) is 6.99. The van der Waals surface area contributed by atoms with E-state index < -0.39 is 10.0 Å². The molecule has 1 aromatic rings. The lowest BCUT2D eigenvalue weighted by atomic mass is 10.2. The monoisotopic (exact) mass is 347 g/mol. The van der Waals surface area contributed by atoms with Crippen molar-refractivity contribution in [3.8, 4) is 0 Å². The molecule has 2 rings (SSSR count). The number of nitrogen functional groups attached to an aromatic ring is 1. The van der Waals surface area contributed by atoms with E-state index >= 15 is 0 Å². The Labute approximate surface area is 137 Å². The number of halogens is 1. The van der Waals surface area contributed by atoms with Crippen molar-refractivity contribution in [1.82, 2.24) is 4.31 Å². The molecule has 0 spiro atoms. The number of hydrogen-bond donors (Lipinski definition) is 2. The molecule has 0 aliphatic carbocycles. The number of benzene rings is 1. The molecule has 6 nitrogen and oxygen atoms in total. The van der Waals surface area contributed by atoms with Gasteiger partial charge < -0.3 is 11.1 Å². The van der Waals surface area contributed by atoms with Crippen LogP contribution in [0.25, 0.3) is 0 Å². The van der Waals surface area contributed by atoms with Crippen LogP contribution in [-0.4, -0.2) is 37.5 Å². The van der Waals surface area contributed by atoms with E-state index in [-0.39, 0.29) is 30.5 Å². The molecule has 124 valence electrons. The van der Waals surface area contributed by atoms with Crippen molar-refractivity contribution in [2.24, 2.45) is 0 Å². The quantitative estimate of drug-likeness (QED) is 0.768. The summed E-state index contributed by atoms with van der Waals surface area (Å²) in [5.41, 5.74) is 6.79. The average molecular weight is 348 g/mol. The largest absolute Gasteiger partial charge is 0.397 e. The third kappa shape index (κ3) is 5.15. The molecule has 8 heteroatoms. The van der Waals surface area contributed by atoms with Crippen LogP contribution in [0, 0.1) is 0 Å². The Bertz CT molecular complexity index is 601. The third-order valence-corrected chi connectivity index (χ3v) is 5.46. The highest BCUT2D eigenvalue weighted by molar-refractivity contribution is 7.89. The van der Waals surface area contributed by atoms with Crippen LogP contribution in [0.2, 0.25) is 0 Å². The van der Waals surface area contributed by atoms with E-state index in [0.29, 0.717) is 30.9 Å². The minimum Gasteiger partial charge on any atom is -0.397 e. The van der Waals surface area contributed by atoms with Gasteiger partial charge in [-0.25, -0.2) is 12.7 Å². The summed E-state index contributed by atoms with van der Waals surface area (Å²) in [4.78, 5) is 11.8. The minimum atomic E-state index is -3.21. The number of rotatable bonds is 6. The van der Waals surface area contributed by atoms with E-state index in [9.17, 15) is 13.2 Å². The first-order valence-electron chi connectivity index (χ1n) is 7.11. The third-order valence-electron chi connectivity index (χ3n) is 3.50. The van der Waals surface area contributed by atoms with Gasteiger partial charge in [0.2, 0.25) is 15.9 Å². The average Bonchev–Trinajstić information content (AvgIpc) is 2.96. The molecule has 1 aliphatic rings. The summed E-state index contributed by atoms with van der Waals surface area (Å²) < 4.78 is 25.5. The molecule has 0 bridgehead atoms. The van der Waals surface area contributed by atoms with Crippen LogP contribution >= 0.6 is 12.4 Å². The van der Waals surface area contributed by atoms with Crippen LogP contribution in [0.5, 0.6) is 0 Å². The normalized spacial score (nSPS) is 15.3. The molecular weight excluding hydrogens is 326 g/mol. The second-order valence-corrected chi connectivity index (χ2v) is 7.25. The zero-order valence-electron chi connectivity index (χ0n) is 12.3.